The molecule has 0 aliphatic heterocycles. The van der Waals surface area contributed by atoms with Crippen LogP contribution in [-0.4, -0.2) is 26.0 Å². The van der Waals surface area contributed by atoms with Crippen molar-refractivity contribution in [3.05, 3.63) is 18.3 Å². The molecule has 2 unspecified atom stereocenters. The van der Waals surface area contributed by atoms with Gasteiger partial charge in [0.25, 0.3) is 0 Å². The average molecular weight is 347 g/mol. The van der Waals surface area contributed by atoms with E-state index in [1.807, 2.05) is 0 Å². The molecule has 0 aromatic carbocycles. The van der Waals surface area contributed by atoms with Crippen LogP contribution in [0.5, 0.6) is 0 Å². The Bertz CT molecular complexity index is 728. The topological polar surface area (TPSA) is 71.1 Å². The molecule has 5 fully saturated rings. The fourth-order valence-corrected chi connectivity index (χ4v) is 7.10. The van der Waals surface area contributed by atoms with Gasteiger partial charge in [-0.15, -0.1) is 0 Å². The fourth-order valence-electron chi connectivity index (χ4n) is 5.85. The lowest BCUT2D eigenvalue weighted by Gasteiger charge is -2.15. The molecule has 0 amide bonds. The van der Waals surface area contributed by atoms with Crippen LogP contribution in [0.3, 0.4) is 0 Å². The SMILES string of the molecule is O=S(=O)(NC1CCCC1)c1ccc(NCC23CC4CC2C3C4)nc1. The number of sulfonamides is 1. The number of rotatable bonds is 6. The van der Waals surface area contributed by atoms with Gasteiger partial charge >= 0.3 is 0 Å². The van der Waals surface area contributed by atoms with E-state index in [0.717, 1.165) is 55.8 Å². The molecule has 0 saturated heterocycles. The van der Waals surface area contributed by atoms with Crippen molar-refractivity contribution in [2.45, 2.75) is 55.9 Å². The number of pyridine rings is 1. The van der Waals surface area contributed by atoms with Crippen LogP contribution in [0.25, 0.3) is 0 Å². The molecule has 2 N–H and O–H groups in total. The van der Waals surface area contributed by atoms with E-state index in [2.05, 4.69) is 15.0 Å². The molecular weight excluding hydrogens is 322 g/mol. The van der Waals surface area contributed by atoms with Crippen molar-refractivity contribution in [3.63, 3.8) is 0 Å². The summed E-state index contributed by atoms with van der Waals surface area (Å²) >= 11 is 0. The van der Waals surface area contributed by atoms with Gasteiger partial charge in [-0.05, 0) is 67.4 Å². The zero-order chi connectivity index (χ0) is 16.4. The Hall–Kier alpha value is -1.14. The molecule has 0 radical (unpaired) electrons. The molecular formula is C18H25N3O2S. The second-order valence-electron chi connectivity index (χ2n) is 8.32. The van der Waals surface area contributed by atoms with Crippen molar-refractivity contribution in [1.82, 2.24) is 9.71 Å². The highest BCUT2D eigenvalue weighted by molar-refractivity contribution is 7.89. The number of anilines is 1. The minimum atomic E-state index is -3.44. The van der Waals surface area contributed by atoms with Crippen LogP contribution in [-0.2, 0) is 10.0 Å². The van der Waals surface area contributed by atoms with Gasteiger partial charge in [0.1, 0.15) is 10.7 Å². The zero-order valence-electron chi connectivity index (χ0n) is 13.9. The molecule has 1 aromatic rings. The van der Waals surface area contributed by atoms with E-state index in [4.69, 9.17) is 0 Å². The lowest BCUT2D eigenvalue weighted by atomic mass is 10.0. The van der Waals surface area contributed by atoms with Gasteiger partial charge < -0.3 is 5.32 Å². The van der Waals surface area contributed by atoms with E-state index < -0.39 is 10.0 Å². The Balaban J connectivity index is 1.22. The number of hydrogen-bond acceptors (Lipinski definition) is 4. The smallest absolute Gasteiger partial charge is 0.242 e. The second kappa shape index (κ2) is 5.18. The van der Waals surface area contributed by atoms with Crippen molar-refractivity contribution in [2.75, 3.05) is 11.9 Å². The van der Waals surface area contributed by atoms with Crippen molar-refractivity contribution in [1.29, 1.82) is 0 Å². The monoisotopic (exact) mass is 347 g/mol. The van der Waals surface area contributed by atoms with Crippen molar-refractivity contribution in [2.24, 2.45) is 23.2 Å². The van der Waals surface area contributed by atoms with Gasteiger partial charge in [-0.1, -0.05) is 12.8 Å². The van der Waals surface area contributed by atoms with Gasteiger partial charge in [0.15, 0.2) is 0 Å². The van der Waals surface area contributed by atoms with Crippen LogP contribution in [0.2, 0.25) is 0 Å². The molecule has 130 valence electrons. The lowest BCUT2D eigenvalue weighted by Crippen LogP contribution is -2.32. The van der Waals surface area contributed by atoms with Gasteiger partial charge in [-0.3, -0.25) is 0 Å². The maximum atomic E-state index is 12.4. The third-order valence-corrected chi connectivity index (χ3v) is 8.52. The van der Waals surface area contributed by atoms with Crippen molar-refractivity contribution >= 4 is 15.8 Å². The predicted octanol–water partition coefficient (Wildman–Crippen LogP) is 2.76. The summed E-state index contributed by atoms with van der Waals surface area (Å²) < 4.78 is 27.6. The van der Waals surface area contributed by atoms with Crippen LogP contribution in [0.4, 0.5) is 5.82 Å². The number of aromatic nitrogens is 1. The normalized spacial score (nSPS) is 37.1. The predicted molar refractivity (Wildman–Crippen MR) is 92.1 cm³/mol. The Morgan fingerprint density at radius 3 is 2.50 bits per heavy atom. The van der Waals surface area contributed by atoms with Crippen LogP contribution < -0.4 is 10.0 Å². The molecule has 5 saturated carbocycles. The first-order chi connectivity index (χ1) is 11.6. The summed E-state index contributed by atoms with van der Waals surface area (Å²) in [5.41, 5.74) is 0.543. The lowest BCUT2D eigenvalue weighted by molar-refractivity contribution is 0.509. The van der Waals surface area contributed by atoms with Gasteiger partial charge in [0.05, 0.1) is 0 Å². The van der Waals surface area contributed by atoms with E-state index in [0.29, 0.717) is 5.41 Å². The van der Waals surface area contributed by atoms with Gasteiger partial charge in [-0.25, -0.2) is 18.1 Å². The third kappa shape index (κ3) is 2.30. The maximum Gasteiger partial charge on any atom is 0.242 e. The van der Waals surface area contributed by atoms with Gasteiger partial charge in [0.2, 0.25) is 10.0 Å². The summed E-state index contributed by atoms with van der Waals surface area (Å²) in [4.78, 5) is 4.61. The molecule has 5 aliphatic rings. The van der Waals surface area contributed by atoms with Crippen molar-refractivity contribution < 1.29 is 8.42 Å². The number of hydrogen-bond donors (Lipinski definition) is 2. The summed E-state index contributed by atoms with van der Waals surface area (Å²) in [5.74, 6) is 3.67. The molecule has 1 aromatic heterocycles. The fraction of sp³-hybridized carbons (Fsp3) is 0.722. The Morgan fingerprint density at radius 1 is 1.17 bits per heavy atom. The molecule has 6 rings (SSSR count). The molecule has 2 atom stereocenters. The Morgan fingerprint density at radius 2 is 1.92 bits per heavy atom. The van der Waals surface area contributed by atoms with E-state index in [1.54, 1.807) is 12.1 Å². The highest BCUT2D eigenvalue weighted by atomic mass is 32.2. The van der Waals surface area contributed by atoms with E-state index in [-0.39, 0.29) is 10.9 Å². The Kier molecular flexibility index (Phi) is 3.27. The van der Waals surface area contributed by atoms with Crippen LogP contribution in [0.15, 0.2) is 23.2 Å². The summed E-state index contributed by atoms with van der Waals surface area (Å²) in [7, 11) is -3.44. The Labute approximate surface area is 143 Å². The first-order valence-electron chi connectivity index (χ1n) is 9.29. The molecule has 0 spiro atoms. The summed E-state index contributed by atoms with van der Waals surface area (Å²) in [6, 6.07) is 3.56. The number of nitrogens with zero attached hydrogens (tertiary/aromatic N) is 1. The molecule has 5 nitrogen and oxygen atoms in total. The van der Waals surface area contributed by atoms with Crippen LogP contribution in [0.1, 0.15) is 44.9 Å². The standard InChI is InChI=1S/C18H25N3O2S/c22-24(23,21-13-3-1-2-4-13)14-5-6-17(19-10-14)20-11-18-9-12-7-15(18)16(18)8-12/h5-6,10,12-13,15-16,21H,1-4,7-9,11H2,(H,19,20). The highest BCUT2D eigenvalue weighted by Crippen LogP contribution is 2.78. The highest BCUT2D eigenvalue weighted by Gasteiger charge is 2.73. The molecule has 4 bridgehead atoms. The third-order valence-electron chi connectivity index (χ3n) is 7.02. The van der Waals surface area contributed by atoms with Crippen LogP contribution in [0, 0.1) is 23.2 Å². The minimum Gasteiger partial charge on any atom is -0.369 e. The van der Waals surface area contributed by atoms with E-state index in [9.17, 15) is 8.42 Å². The van der Waals surface area contributed by atoms with Crippen molar-refractivity contribution in [3.8, 4) is 0 Å². The molecule has 1 heterocycles. The summed E-state index contributed by atoms with van der Waals surface area (Å²) in [6.07, 6.45) is 9.84. The van der Waals surface area contributed by atoms with Gasteiger partial charge in [-0.2, -0.15) is 0 Å². The molecule has 24 heavy (non-hydrogen) atoms. The first kappa shape index (κ1) is 15.1. The largest absolute Gasteiger partial charge is 0.369 e. The summed E-state index contributed by atoms with van der Waals surface area (Å²) in [5, 5.41) is 3.45. The minimum absolute atomic E-state index is 0.0903. The first-order valence-corrected chi connectivity index (χ1v) is 10.8. The summed E-state index contributed by atoms with van der Waals surface area (Å²) in [6.45, 7) is 0.998. The maximum absolute atomic E-state index is 12.4. The number of nitrogens with one attached hydrogen (secondary N) is 2. The van der Waals surface area contributed by atoms with Crippen LogP contribution >= 0.6 is 0 Å². The quantitative estimate of drug-likeness (QED) is 0.830. The van der Waals surface area contributed by atoms with E-state index >= 15 is 0 Å². The van der Waals surface area contributed by atoms with E-state index in [1.165, 1.54) is 25.5 Å². The van der Waals surface area contributed by atoms with Gasteiger partial charge in [0, 0.05) is 18.8 Å². The zero-order valence-corrected chi connectivity index (χ0v) is 14.7. The molecule has 6 heteroatoms. The average Bonchev–Trinajstić information content (AvgIpc) is 3.18. The second-order valence-corrected chi connectivity index (χ2v) is 10.0. The molecule has 5 aliphatic carbocycles.